The smallest absolute Gasteiger partial charge is 0.412 e. The van der Waals surface area contributed by atoms with Gasteiger partial charge in [0.15, 0.2) is 5.76 Å². The summed E-state index contributed by atoms with van der Waals surface area (Å²) in [5.74, 6) is 0.487. The van der Waals surface area contributed by atoms with Gasteiger partial charge in [0.1, 0.15) is 17.5 Å². The van der Waals surface area contributed by atoms with Gasteiger partial charge in [-0.05, 0) is 19.9 Å². The van der Waals surface area contributed by atoms with Gasteiger partial charge in [-0.25, -0.2) is 4.79 Å². The molecule has 0 radical (unpaired) electrons. The molecule has 2 aromatic carbocycles. The van der Waals surface area contributed by atoms with Gasteiger partial charge < -0.3 is 9.26 Å². The van der Waals surface area contributed by atoms with E-state index in [1.807, 2.05) is 48.5 Å². The molecular weight excluding hydrogens is 340 g/mol. The van der Waals surface area contributed by atoms with Crippen molar-refractivity contribution in [3.63, 3.8) is 0 Å². The molecule has 3 rings (SSSR count). The monoisotopic (exact) mass is 356 g/mol. The summed E-state index contributed by atoms with van der Waals surface area (Å²) in [6.45, 7) is 3.52. The molecule has 3 aromatic rings. The number of benzene rings is 2. The number of ether oxygens (including phenoxy) is 1. The van der Waals surface area contributed by atoms with Crippen LogP contribution in [0.25, 0.3) is 11.3 Å². The Morgan fingerprint density at radius 3 is 2.56 bits per heavy atom. The van der Waals surface area contributed by atoms with Crippen LogP contribution in [0, 0.1) is 6.92 Å². The van der Waals surface area contributed by atoms with Crippen LogP contribution < -0.4 is 5.32 Å². The lowest BCUT2D eigenvalue weighted by Gasteiger charge is -2.15. The molecule has 0 spiro atoms. The van der Waals surface area contributed by atoms with Crippen LogP contribution >= 0.6 is 11.6 Å². The largest absolute Gasteiger partial charge is 0.441 e. The number of rotatable bonds is 4. The van der Waals surface area contributed by atoms with Gasteiger partial charge in [0, 0.05) is 16.1 Å². The van der Waals surface area contributed by atoms with Crippen LogP contribution in [-0.4, -0.2) is 11.2 Å². The fraction of sp³-hybridized carbons (Fsp3) is 0.158. The highest BCUT2D eigenvalue weighted by Gasteiger charge is 2.20. The van der Waals surface area contributed by atoms with Crippen molar-refractivity contribution in [3.05, 3.63) is 70.9 Å². The van der Waals surface area contributed by atoms with Gasteiger partial charge in [-0.3, -0.25) is 5.32 Å². The predicted octanol–water partition coefficient (Wildman–Crippen LogP) is 5.61. The normalized spacial score (nSPS) is 11.8. The minimum atomic E-state index is -0.601. The van der Waals surface area contributed by atoms with Gasteiger partial charge in [-0.15, -0.1) is 0 Å². The fourth-order valence-electron chi connectivity index (χ4n) is 2.46. The quantitative estimate of drug-likeness (QED) is 0.659. The Bertz CT molecular complexity index is 877. The highest BCUT2D eigenvalue weighted by atomic mass is 35.5. The predicted molar refractivity (Wildman–Crippen MR) is 96.6 cm³/mol. The van der Waals surface area contributed by atoms with Crippen molar-refractivity contribution in [1.29, 1.82) is 0 Å². The Labute approximate surface area is 150 Å². The van der Waals surface area contributed by atoms with Gasteiger partial charge in [0.25, 0.3) is 0 Å². The van der Waals surface area contributed by atoms with E-state index in [0.29, 0.717) is 22.2 Å². The molecule has 1 amide bonds. The van der Waals surface area contributed by atoms with Crippen molar-refractivity contribution in [2.24, 2.45) is 0 Å². The van der Waals surface area contributed by atoms with E-state index >= 15 is 0 Å². The molecule has 5 nitrogen and oxygen atoms in total. The molecule has 1 aromatic heterocycles. The van der Waals surface area contributed by atoms with E-state index in [4.69, 9.17) is 20.9 Å². The highest BCUT2D eigenvalue weighted by Crippen LogP contribution is 2.31. The molecule has 1 N–H and O–H groups in total. The van der Waals surface area contributed by atoms with Crippen molar-refractivity contribution >= 4 is 23.4 Å². The maximum absolute atomic E-state index is 12.3. The van der Waals surface area contributed by atoms with Crippen molar-refractivity contribution in [2.45, 2.75) is 20.0 Å². The summed E-state index contributed by atoms with van der Waals surface area (Å²) in [6, 6.07) is 16.7. The van der Waals surface area contributed by atoms with Crippen molar-refractivity contribution in [2.75, 3.05) is 5.32 Å². The molecule has 0 saturated heterocycles. The number of aryl methyl sites for hydroxylation is 1. The molecule has 0 bridgehead atoms. The number of nitrogens with zero attached hydrogens (tertiary/aromatic N) is 1. The molecule has 0 saturated carbocycles. The van der Waals surface area contributed by atoms with E-state index in [1.165, 1.54) is 0 Å². The Balaban J connectivity index is 1.76. The second-order valence-electron chi connectivity index (χ2n) is 5.53. The van der Waals surface area contributed by atoms with Crippen LogP contribution in [0.15, 0.2) is 59.1 Å². The van der Waals surface area contributed by atoms with E-state index < -0.39 is 12.2 Å². The fourth-order valence-corrected chi connectivity index (χ4v) is 2.75. The number of hydrogen-bond acceptors (Lipinski definition) is 4. The average molecular weight is 357 g/mol. The highest BCUT2D eigenvalue weighted by molar-refractivity contribution is 6.31. The van der Waals surface area contributed by atoms with Crippen LogP contribution in [0.2, 0.25) is 5.02 Å². The third-order valence-electron chi connectivity index (χ3n) is 3.75. The zero-order valence-corrected chi connectivity index (χ0v) is 14.6. The Kier molecular flexibility index (Phi) is 5.05. The Hall–Kier alpha value is -2.79. The second-order valence-corrected chi connectivity index (χ2v) is 5.94. The van der Waals surface area contributed by atoms with Crippen LogP contribution in [0.4, 0.5) is 10.5 Å². The maximum Gasteiger partial charge on any atom is 0.412 e. The van der Waals surface area contributed by atoms with Crippen molar-refractivity contribution < 1.29 is 14.1 Å². The summed E-state index contributed by atoms with van der Waals surface area (Å²) in [7, 11) is 0. The lowest BCUT2D eigenvalue weighted by atomic mass is 10.1. The standard InChI is InChI=1S/C19H17ClN2O3/c1-12-17(18(25-22-12)14-8-4-3-5-9-14)21-19(23)24-13(2)15-10-6-7-11-16(15)20/h3-11,13H,1-2H3,(H,21,23)/t13-/m1/s1. The molecule has 1 atom stereocenters. The molecule has 128 valence electrons. The molecule has 0 fully saturated rings. The number of amides is 1. The summed E-state index contributed by atoms with van der Waals surface area (Å²) < 4.78 is 10.8. The average Bonchev–Trinajstić information content (AvgIpc) is 2.96. The van der Waals surface area contributed by atoms with Gasteiger partial charge >= 0.3 is 6.09 Å². The third-order valence-corrected chi connectivity index (χ3v) is 4.10. The van der Waals surface area contributed by atoms with E-state index in [-0.39, 0.29) is 0 Å². The number of hydrogen-bond donors (Lipinski definition) is 1. The number of carbonyl (C=O) groups is 1. The molecule has 1 heterocycles. The first kappa shape index (κ1) is 17.0. The summed E-state index contributed by atoms with van der Waals surface area (Å²) in [5, 5.41) is 7.20. The lowest BCUT2D eigenvalue weighted by Crippen LogP contribution is -2.16. The van der Waals surface area contributed by atoms with Crippen LogP contribution in [0.5, 0.6) is 0 Å². The van der Waals surface area contributed by atoms with Gasteiger partial charge in [0.05, 0.1) is 0 Å². The van der Waals surface area contributed by atoms with E-state index in [9.17, 15) is 4.79 Å². The minimum Gasteiger partial charge on any atom is -0.441 e. The summed E-state index contributed by atoms with van der Waals surface area (Å²) >= 11 is 6.14. The van der Waals surface area contributed by atoms with Crippen molar-refractivity contribution in [3.8, 4) is 11.3 Å². The maximum atomic E-state index is 12.3. The van der Waals surface area contributed by atoms with Crippen LogP contribution in [0.1, 0.15) is 24.3 Å². The number of aromatic nitrogens is 1. The lowest BCUT2D eigenvalue weighted by molar-refractivity contribution is 0.121. The van der Waals surface area contributed by atoms with Crippen LogP contribution in [-0.2, 0) is 4.74 Å². The molecule has 0 aliphatic heterocycles. The molecule has 0 aliphatic carbocycles. The SMILES string of the molecule is Cc1noc(-c2ccccc2)c1NC(=O)O[C@H](C)c1ccccc1Cl. The third kappa shape index (κ3) is 3.83. The first-order valence-corrected chi connectivity index (χ1v) is 8.18. The van der Waals surface area contributed by atoms with Gasteiger partial charge in [-0.2, -0.15) is 0 Å². The number of halogens is 1. The Morgan fingerprint density at radius 1 is 1.16 bits per heavy atom. The number of carbonyl (C=O) groups excluding carboxylic acids is 1. The summed E-state index contributed by atoms with van der Waals surface area (Å²) in [6.07, 6.45) is -1.09. The molecule has 0 aliphatic rings. The number of anilines is 1. The topological polar surface area (TPSA) is 64.4 Å². The van der Waals surface area contributed by atoms with E-state index in [0.717, 1.165) is 11.1 Å². The van der Waals surface area contributed by atoms with Gasteiger partial charge in [-0.1, -0.05) is 65.3 Å². The van der Waals surface area contributed by atoms with E-state index in [1.54, 1.807) is 19.9 Å². The molecule has 0 unspecified atom stereocenters. The zero-order valence-electron chi connectivity index (χ0n) is 13.8. The first-order valence-electron chi connectivity index (χ1n) is 7.80. The molecule has 6 heteroatoms. The zero-order chi connectivity index (χ0) is 17.8. The molecule has 25 heavy (non-hydrogen) atoms. The second kappa shape index (κ2) is 7.40. The first-order chi connectivity index (χ1) is 12.1. The van der Waals surface area contributed by atoms with E-state index in [2.05, 4.69) is 10.5 Å². The molecular formula is C19H17ClN2O3. The van der Waals surface area contributed by atoms with Crippen molar-refractivity contribution in [1.82, 2.24) is 5.16 Å². The van der Waals surface area contributed by atoms with Crippen LogP contribution in [0.3, 0.4) is 0 Å². The summed E-state index contributed by atoms with van der Waals surface area (Å²) in [5.41, 5.74) is 2.62. The Morgan fingerprint density at radius 2 is 1.84 bits per heavy atom. The summed E-state index contributed by atoms with van der Waals surface area (Å²) in [4.78, 5) is 12.3. The van der Waals surface area contributed by atoms with Gasteiger partial charge in [0.2, 0.25) is 0 Å². The minimum absolute atomic E-state index is 0.487. The number of nitrogens with one attached hydrogen (secondary N) is 1.